The molecule has 1 aromatic heterocycles. The molecule has 0 N–H and O–H groups in total. The molecular formula is C22H18BrN3S. The molecule has 0 bridgehead atoms. The molecule has 0 spiro atoms. The summed E-state index contributed by atoms with van der Waals surface area (Å²) < 4.78 is 3.22. The van der Waals surface area contributed by atoms with Crippen molar-refractivity contribution in [3.63, 3.8) is 0 Å². The van der Waals surface area contributed by atoms with Gasteiger partial charge in [-0.2, -0.15) is 0 Å². The highest BCUT2D eigenvalue weighted by atomic mass is 79.9. The molecule has 134 valence electrons. The van der Waals surface area contributed by atoms with Crippen molar-refractivity contribution in [3.8, 4) is 17.1 Å². The van der Waals surface area contributed by atoms with E-state index in [1.165, 1.54) is 11.1 Å². The highest BCUT2D eigenvalue weighted by molar-refractivity contribution is 9.10. The summed E-state index contributed by atoms with van der Waals surface area (Å²) in [4.78, 5) is 0. The first kappa shape index (κ1) is 18.0. The first-order chi connectivity index (χ1) is 13.2. The van der Waals surface area contributed by atoms with Crippen LogP contribution in [0.2, 0.25) is 0 Å². The maximum Gasteiger partial charge on any atom is 0.196 e. The van der Waals surface area contributed by atoms with Crippen LogP contribution in [-0.2, 0) is 5.75 Å². The molecule has 3 aromatic carbocycles. The number of benzene rings is 3. The third-order valence-electron chi connectivity index (χ3n) is 4.21. The second-order valence-electron chi connectivity index (χ2n) is 6.26. The molecule has 0 aliphatic heterocycles. The molecule has 0 atom stereocenters. The van der Waals surface area contributed by atoms with Crippen LogP contribution in [0.15, 0.2) is 88.5 Å². The van der Waals surface area contributed by atoms with Gasteiger partial charge in [-0.3, -0.25) is 4.57 Å². The monoisotopic (exact) mass is 435 g/mol. The van der Waals surface area contributed by atoms with Crippen LogP contribution in [0, 0.1) is 6.92 Å². The number of hydrogen-bond acceptors (Lipinski definition) is 3. The van der Waals surface area contributed by atoms with E-state index in [1.54, 1.807) is 11.8 Å². The molecule has 0 aliphatic rings. The second kappa shape index (κ2) is 8.11. The van der Waals surface area contributed by atoms with Gasteiger partial charge in [0.15, 0.2) is 11.0 Å². The maximum absolute atomic E-state index is 4.50. The van der Waals surface area contributed by atoms with Gasteiger partial charge in [0.25, 0.3) is 0 Å². The summed E-state index contributed by atoms with van der Waals surface area (Å²) >= 11 is 5.23. The minimum Gasteiger partial charge on any atom is -0.270 e. The quantitative estimate of drug-likeness (QED) is 0.344. The number of hydrogen-bond donors (Lipinski definition) is 0. The summed E-state index contributed by atoms with van der Waals surface area (Å²) in [6.07, 6.45) is 0. The molecule has 4 aromatic rings. The Morgan fingerprint density at radius 1 is 0.889 bits per heavy atom. The van der Waals surface area contributed by atoms with E-state index in [0.29, 0.717) is 0 Å². The Morgan fingerprint density at radius 2 is 1.67 bits per heavy atom. The maximum atomic E-state index is 4.50. The number of thioether (sulfide) groups is 1. The molecular weight excluding hydrogens is 418 g/mol. The fourth-order valence-electron chi connectivity index (χ4n) is 2.84. The Morgan fingerprint density at radius 3 is 2.41 bits per heavy atom. The molecule has 5 heteroatoms. The van der Waals surface area contributed by atoms with Gasteiger partial charge < -0.3 is 0 Å². The summed E-state index contributed by atoms with van der Waals surface area (Å²) in [5.41, 5.74) is 4.60. The van der Waals surface area contributed by atoms with Crippen molar-refractivity contribution in [2.24, 2.45) is 0 Å². The van der Waals surface area contributed by atoms with Gasteiger partial charge in [0.2, 0.25) is 0 Å². The van der Waals surface area contributed by atoms with Gasteiger partial charge in [0.1, 0.15) is 0 Å². The third kappa shape index (κ3) is 4.15. The van der Waals surface area contributed by atoms with E-state index < -0.39 is 0 Å². The van der Waals surface area contributed by atoms with E-state index in [4.69, 9.17) is 0 Å². The Labute approximate surface area is 171 Å². The smallest absolute Gasteiger partial charge is 0.196 e. The SMILES string of the molecule is Cc1ccc(-n2c(SCc3cccc(Br)c3)nnc2-c2ccccc2)cc1. The third-order valence-corrected chi connectivity index (χ3v) is 5.71. The van der Waals surface area contributed by atoms with Crippen molar-refractivity contribution in [1.29, 1.82) is 0 Å². The molecule has 0 amide bonds. The van der Waals surface area contributed by atoms with Gasteiger partial charge in [0.05, 0.1) is 0 Å². The summed E-state index contributed by atoms with van der Waals surface area (Å²) in [6.45, 7) is 2.09. The molecule has 0 fully saturated rings. The standard InChI is InChI=1S/C22H18BrN3S/c1-16-10-12-20(13-11-16)26-21(18-7-3-2-4-8-18)24-25-22(26)27-15-17-6-5-9-19(23)14-17/h2-14H,15H2,1H3. The zero-order valence-corrected chi connectivity index (χ0v) is 17.2. The highest BCUT2D eigenvalue weighted by Crippen LogP contribution is 2.30. The van der Waals surface area contributed by atoms with Gasteiger partial charge in [-0.1, -0.05) is 87.9 Å². The van der Waals surface area contributed by atoms with Crippen molar-refractivity contribution in [2.75, 3.05) is 0 Å². The van der Waals surface area contributed by atoms with Crippen LogP contribution in [0.1, 0.15) is 11.1 Å². The molecule has 0 saturated carbocycles. The normalized spacial score (nSPS) is 10.9. The topological polar surface area (TPSA) is 30.7 Å². The number of nitrogens with zero attached hydrogens (tertiary/aromatic N) is 3. The lowest BCUT2D eigenvalue weighted by Crippen LogP contribution is -2.00. The Kier molecular flexibility index (Phi) is 5.41. The Hall–Kier alpha value is -2.37. The lowest BCUT2D eigenvalue weighted by atomic mass is 10.2. The van der Waals surface area contributed by atoms with Crippen LogP contribution in [0.4, 0.5) is 0 Å². The minimum absolute atomic E-state index is 0.832. The van der Waals surface area contributed by atoms with E-state index in [1.807, 2.05) is 24.3 Å². The molecule has 0 aliphatic carbocycles. The highest BCUT2D eigenvalue weighted by Gasteiger charge is 2.16. The second-order valence-corrected chi connectivity index (χ2v) is 8.12. The first-order valence-electron chi connectivity index (χ1n) is 8.66. The van der Waals surface area contributed by atoms with E-state index in [2.05, 4.69) is 92.2 Å². The van der Waals surface area contributed by atoms with Gasteiger partial charge in [-0.15, -0.1) is 10.2 Å². The zero-order valence-electron chi connectivity index (χ0n) is 14.8. The van der Waals surface area contributed by atoms with Crippen LogP contribution in [0.25, 0.3) is 17.1 Å². The summed E-state index contributed by atoms with van der Waals surface area (Å²) in [5.74, 6) is 1.69. The largest absolute Gasteiger partial charge is 0.270 e. The van der Waals surface area contributed by atoms with Crippen LogP contribution in [0.5, 0.6) is 0 Å². The molecule has 0 saturated heterocycles. The van der Waals surface area contributed by atoms with Crippen LogP contribution in [-0.4, -0.2) is 14.8 Å². The molecule has 0 radical (unpaired) electrons. The number of aryl methyl sites for hydroxylation is 1. The Bertz CT molecular complexity index is 1040. The summed E-state index contributed by atoms with van der Waals surface area (Å²) in [5, 5.41) is 9.88. The van der Waals surface area contributed by atoms with Gasteiger partial charge in [-0.25, -0.2) is 0 Å². The van der Waals surface area contributed by atoms with Crippen molar-refractivity contribution in [2.45, 2.75) is 17.8 Å². The molecule has 27 heavy (non-hydrogen) atoms. The van der Waals surface area contributed by atoms with Crippen LogP contribution < -0.4 is 0 Å². The van der Waals surface area contributed by atoms with Gasteiger partial charge >= 0.3 is 0 Å². The van der Waals surface area contributed by atoms with E-state index in [0.717, 1.165) is 32.5 Å². The minimum atomic E-state index is 0.832. The van der Waals surface area contributed by atoms with Crippen molar-refractivity contribution < 1.29 is 0 Å². The lowest BCUT2D eigenvalue weighted by Gasteiger charge is -2.11. The van der Waals surface area contributed by atoms with Crippen molar-refractivity contribution >= 4 is 27.7 Å². The van der Waals surface area contributed by atoms with Crippen molar-refractivity contribution in [1.82, 2.24) is 14.8 Å². The lowest BCUT2D eigenvalue weighted by molar-refractivity contribution is 0.885. The first-order valence-corrected chi connectivity index (χ1v) is 10.4. The summed E-state index contributed by atoms with van der Waals surface area (Å²) in [7, 11) is 0. The van der Waals surface area contributed by atoms with E-state index in [-0.39, 0.29) is 0 Å². The fraction of sp³-hybridized carbons (Fsp3) is 0.0909. The average Bonchev–Trinajstić information content (AvgIpc) is 3.12. The summed E-state index contributed by atoms with van der Waals surface area (Å²) in [6, 6.07) is 27.0. The molecule has 3 nitrogen and oxygen atoms in total. The van der Waals surface area contributed by atoms with Gasteiger partial charge in [-0.05, 0) is 36.8 Å². The average molecular weight is 436 g/mol. The number of halogens is 1. The van der Waals surface area contributed by atoms with E-state index in [9.17, 15) is 0 Å². The number of rotatable bonds is 5. The van der Waals surface area contributed by atoms with Crippen LogP contribution >= 0.6 is 27.7 Å². The number of aromatic nitrogens is 3. The van der Waals surface area contributed by atoms with Crippen LogP contribution in [0.3, 0.4) is 0 Å². The molecule has 0 unspecified atom stereocenters. The van der Waals surface area contributed by atoms with Crippen molar-refractivity contribution in [3.05, 3.63) is 94.5 Å². The predicted octanol–water partition coefficient (Wildman–Crippen LogP) is 6.30. The predicted molar refractivity (Wildman–Crippen MR) is 115 cm³/mol. The van der Waals surface area contributed by atoms with E-state index >= 15 is 0 Å². The Balaban J connectivity index is 1.73. The zero-order chi connectivity index (χ0) is 18.6. The van der Waals surface area contributed by atoms with Gasteiger partial charge in [0, 0.05) is 21.5 Å². The fourth-order valence-corrected chi connectivity index (χ4v) is 4.18. The molecule has 1 heterocycles. The molecule has 4 rings (SSSR count).